The molecule has 2 aromatic heterocycles. The molecule has 29 heavy (non-hydrogen) atoms. The highest BCUT2D eigenvalue weighted by molar-refractivity contribution is 7.89. The molecule has 0 N–H and O–H groups in total. The Morgan fingerprint density at radius 1 is 1.17 bits per heavy atom. The van der Waals surface area contributed by atoms with Crippen molar-refractivity contribution in [2.24, 2.45) is 13.0 Å². The van der Waals surface area contributed by atoms with Gasteiger partial charge >= 0.3 is 6.18 Å². The first-order chi connectivity index (χ1) is 13.5. The monoisotopic (exact) mass is 429 g/mol. The van der Waals surface area contributed by atoms with E-state index in [1.165, 1.54) is 10.4 Å². The summed E-state index contributed by atoms with van der Waals surface area (Å²) in [7, 11) is -2.00. The summed E-state index contributed by atoms with van der Waals surface area (Å²) in [4.78, 5) is 6.06. The first-order valence-electron chi connectivity index (χ1n) is 9.30. The van der Waals surface area contributed by atoms with Crippen molar-refractivity contribution < 1.29 is 21.6 Å². The highest BCUT2D eigenvalue weighted by atomic mass is 32.2. The van der Waals surface area contributed by atoms with Crippen molar-refractivity contribution in [1.29, 1.82) is 0 Å². The molecule has 2 atom stereocenters. The van der Waals surface area contributed by atoms with Crippen molar-refractivity contribution in [3.63, 3.8) is 0 Å². The molecule has 2 aromatic rings. The van der Waals surface area contributed by atoms with Gasteiger partial charge in [-0.15, -0.1) is 0 Å². The molecule has 2 unspecified atom stereocenters. The average molecular weight is 429 g/mol. The lowest BCUT2D eigenvalue weighted by Gasteiger charge is -2.25. The van der Waals surface area contributed by atoms with Crippen LogP contribution in [0, 0.1) is 19.8 Å². The summed E-state index contributed by atoms with van der Waals surface area (Å²) in [5.74, 6) is 0.546. The molecule has 4 heterocycles. The highest BCUT2D eigenvalue weighted by Crippen LogP contribution is 2.38. The second-order valence-electron chi connectivity index (χ2n) is 7.66. The number of rotatable bonds is 3. The number of pyridine rings is 1. The van der Waals surface area contributed by atoms with E-state index in [9.17, 15) is 21.6 Å². The van der Waals surface area contributed by atoms with Crippen molar-refractivity contribution in [3.05, 3.63) is 35.3 Å². The number of aryl methyl sites for hydroxylation is 2. The number of nitrogens with zero attached hydrogens (tertiary/aromatic N) is 5. The second-order valence-corrected chi connectivity index (χ2v) is 9.49. The summed E-state index contributed by atoms with van der Waals surface area (Å²) in [5.41, 5.74) is 0.255. The van der Waals surface area contributed by atoms with E-state index >= 15 is 0 Å². The zero-order valence-electron chi connectivity index (χ0n) is 16.3. The van der Waals surface area contributed by atoms with Crippen LogP contribution in [-0.2, 0) is 23.2 Å². The maximum Gasteiger partial charge on any atom is 0.417 e. The summed E-state index contributed by atoms with van der Waals surface area (Å²) in [6.07, 6.45) is -2.91. The van der Waals surface area contributed by atoms with Crippen LogP contribution in [0.3, 0.4) is 0 Å². The van der Waals surface area contributed by atoms with Gasteiger partial charge in [-0.2, -0.15) is 22.6 Å². The SMILES string of the molecule is Cc1nn(C)c(C)c1S(=O)(=O)N1CCC2CN(c3ccc(C(F)(F)F)cn3)CC21. The molecule has 11 heteroatoms. The van der Waals surface area contributed by atoms with Crippen molar-refractivity contribution in [3.8, 4) is 0 Å². The number of anilines is 1. The standard InChI is InChI=1S/C18H22F3N5O2S/c1-11-17(12(2)24(3)23-11)29(27,28)26-7-6-13-9-25(10-15(13)26)16-5-4-14(8-22-16)18(19,20)21/h4-5,8,13,15H,6-7,9-10H2,1-3H3. The van der Waals surface area contributed by atoms with Gasteiger partial charge in [0.05, 0.1) is 17.0 Å². The Morgan fingerprint density at radius 3 is 2.45 bits per heavy atom. The molecule has 0 bridgehead atoms. The fourth-order valence-electron chi connectivity index (χ4n) is 4.39. The zero-order valence-corrected chi connectivity index (χ0v) is 17.1. The van der Waals surface area contributed by atoms with Gasteiger partial charge in [-0.25, -0.2) is 13.4 Å². The van der Waals surface area contributed by atoms with Gasteiger partial charge in [-0.3, -0.25) is 4.68 Å². The molecule has 0 spiro atoms. The van der Waals surface area contributed by atoms with Crippen LogP contribution in [-0.4, -0.2) is 53.2 Å². The Labute approximate surface area is 167 Å². The number of alkyl halides is 3. The van der Waals surface area contributed by atoms with Crippen molar-refractivity contribution in [2.75, 3.05) is 24.5 Å². The first-order valence-corrected chi connectivity index (χ1v) is 10.7. The molecule has 0 amide bonds. The molecule has 0 radical (unpaired) electrons. The van der Waals surface area contributed by atoms with Crippen LogP contribution in [0.25, 0.3) is 0 Å². The molecule has 7 nitrogen and oxygen atoms in total. The van der Waals surface area contributed by atoms with E-state index in [2.05, 4.69) is 10.1 Å². The maximum atomic E-state index is 13.3. The largest absolute Gasteiger partial charge is 0.417 e. The predicted molar refractivity (Wildman–Crippen MR) is 99.9 cm³/mol. The lowest BCUT2D eigenvalue weighted by atomic mass is 10.1. The van der Waals surface area contributed by atoms with Gasteiger partial charge in [0.15, 0.2) is 0 Å². The van der Waals surface area contributed by atoms with E-state index in [0.717, 1.165) is 12.3 Å². The van der Waals surface area contributed by atoms with Crippen molar-refractivity contribution in [2.45, 2.75) is 37.4 Å². The topological polar surface area (TPSA) is 71.3 Å². The minimum absolute atomic E-state index is 0.117. The van der Waals surface area contributed by atoms with E-state index in [0.29, 0.717) is 43.3 Å². The van der Waals surface area contributed by atoms with Crippen LogP contribution < -0.4 is 4.90 Å². The van der Waals surface area contributed by atoms with E-state index < -0.39 is 21.8 Å². The highest BCUT2D eigenvalue weighted by Gasteiger charge is 2.48. The Hall–Kier alpha value is -2.14. The Morgan fingerprint density at radius 2 is 1.90 bits per heavy atom. The second kappa shape index (κ2) is 6.69. The van der Waals surface area contributed by atoms with Crippen LogP contribution in [0.4, 0.5) is 19.0 Å². The third-order valence-corrected chi connectivity index (χ3v) is 8.08. The fraction of sp³-hybridized carbons (Fsp3) is 0.556. The van der Waals surface area contributed by atoms with E-state index in [4.69, 9.17) is 0 Å². The average Bonchev–Trinajstić information content (AvgIpc) is 3.27. The molecule has 2 fully saturated rings. The van der Waals surface area contributed by atoms with E-state index in [1.807, 2.05) is 4.90 Å². The third kappa shape index (κ3) is 3.29. The normalized spacial score (nSPS) is 23.0. The van der Waals surface area contributed by atoms with Crippen LogP contribution in [0.1, 0.15) is 23.4 Å². The minimum atomic E-state index is -4.43. The van der Waals surface area contributed by atoms with E-state index in [1.54, 1.807) is 25.6 Å². The molecule has 4 rings (SSSR count). The van der Waals surface area contributed by atoms with Crippen molar-refractivity contribution in [1.82, 2.24) is 19.1 Å². The van der Waals surface area contributed by atoms with Crippen LogP contribution >= 0.6 is 0 Å². The summed E-state index contributed by atoms with van der Waals surface area (Å²) in [5, 5.41) is 4.22. The molecule has 0 aliphatic carbocycles. The molecule has 0 saturated carbocycles. The number of fused-ring (bicyclic) bond motifs is 1. The lowest BCUT2D eigenvalue weighted by Crippen LogP contribution is -2.40. The molecule has 0 aromatic carbocycles. The Balaban J connectivity index is 1.57. The molecular formula is C18H22F3N5O2S. The van der Waals surface area contributed by atoms with Gasteiger partial charge in [0.2, 0.25) is 10.0 Å². The van der Waals surface area contributed by atoms with Crippen LogP contribution in [0.15, 0.2) is 23.2 Å². The fourth-order valence-corrected chi connectivity index (χ4v) is 6.49. The predicted octanol–water partition coefficient (Wildman–Crippen LogP) is 2.35. The summed E-state index contributed by atoms with van der Waals surface area (Å²) in [6.45, 7) is 4.81. The summed E-state index contributed by atoms with van der Waals surface area (Å²) < 4.78 is 68.1. The van der Waals surface area contributed by atoms with Gasteiger partial charge < -0.3 is 4.90 Å². The molecule has 158 valence electrons. The van der Waals surface area contributed by atoms with E-state index in [-0.39, 0.29) is 16.9 Å². The number of hydrogen-bond acceptors (Lipinski definition) is 5. The number of sulfonamides is 1. The molecular weight excluding hydrogens is 407 g/mol. The molecule has 2 aliphatic heterocycles. The molecule has 2 saturated heterocycles. The Bertz CT molecular complexity index is 1030. The summed E-state index contributed by atoms with van der Waals surface area (Å²) >= 11 is 0. The van der Waals surface area contributed by atoms with Gasteiger partial charge in [-0.05, 0) is 38.3 Å². The third-order valence-electron chi connectivity index (χ3n) is 5.91. The van der Waals surface area contributed by atoms with Gasteiger partial charge in [0.1, 0.15) is 10.7 Å². The molecule has 2 aliphatic rings. The number of aromatic nitrogens is 3. The van der Waals surface area contributed by atoms with Gasteiger partial charge in [0, 0.05) is 38.9 Å². The van der Waals surface area contributed by atoms with Crippen LogP contribution in [0.5, 0.6) is 0 Å². The first kappa shape index (κ1) is 20.1. The van der Waals surface area contributed by atoms with Crippen LogP contribution in [0.2, 0.25) is 0 Å². The number of hydrogen-bond donors (Lipinski definition) is 0. The van der Waals surface area contributed by atoms with Gasteiger partial charge in [0.25, 0.3) is 0 Å². The summed E-state index contributed by atoms with van der Waals surface area (Å²) in [6, 6.07) is 2.12. The smallest absolute Gasteiger partial charge is 0.355 e. The number of halogens is 3. The minimum Gasteiger partial charge on any atom is -0.355 e. The van der Waals surface area contributed by atoms with Gasteiger partial charge in [-0.1, -0.05) is 0 Å². The lowest BCUT2D eigenvalue weighted by molar-refractivity contribution is -0.137. The quantitative estimate of drug-likeness (QED) is 0.749. The maximum absolute atomic E-state index is 13.3. The Kier molecular flexibility index (Phi) is 4.65. The van der Waals surface area contributed by atoms with Crippen molar-refractivity contribution >= 4 is 15.8 Å². The zero-order chi connectivity index (χ0) is 21.1.